The molecule has 6 nitrogen and oxygen atoms in total. The molecule has 26 heavy (non-hydrogen) atoms. The summed E-state index contributed by atoms with van der Waals surface area (Å²) in [6.45, 7) is 4.04. The van der Waals surface area contributed by atoms with Gasteiger partial charge in [0.25, 0.3) is 0 Å². The Balaban J connectivity index is 0.000000273. The maximum Gasteiger partial charge on any atom is 0.361 e. The Morgan fingerprint density at radius 1 is 0.769 bits per heavy atom. The number of halogens is 2. The van der Waals surface area contributed by atoms with Crippen LogP contribution in [-0.2, 0) is 18.2 Å². The van der Waals surface area contributed by atoms with Gasteiger partial charge in [-0.2, -0.15) is 0 Å². The van der Waals surface area contributed by atoms with E-state index in [1.54, 1.807) is 13.8 Å². The largest absolute Gasteiger partial charge is 0.361 e. The van der Waals surface area contributed by atoms with E-state index in [0.717, 1.165) is 24.3 Å². The monoisotopic (exact) mass is 408 g/mol. The summed E-state index contributed by atoms with van der Waals surface area (Å²) in [7, 11) is -7.46. The Kier molecular flexibility index (Phi) is 8.77. The van der Waals surface area contributed by atoms with Gasteiger partial charge in [-0.05, 0) is 62.4 Å². The molecule has 0 bridgehead atoms. The SMILES string of the molecule is CCOP(=O)(OCC)c1ccc(F)cc1.O=P(O)(O)c1ccc(F)cc1. The molecule has 0 aliphatic carbocycles. The Morgan fingerprint density at radius 3 is 1.42 bits per heavy atom. The Hall–Kier alpha value is -1.40. The molecule has 0 amide bonds. The van der Waals surface area contributed by atoms with E-state index < -0.39 is 21.0 Å². The van der Waals surface area contributed by atoms with Gasteiger partial charge in [-0.1, -0.05) is 0 Å². The predicted octanol–water partition coefficient (Wildman–Crippen LogP) is 3.35. The normalized spacial score (nSPS) is 11.6. The number of benzene rings is 2. The van der Waals surface area contributed by atoms with Gasteiger partial charge in [0.05, 0.1) is 23.8 Å². The van der Waals surface area contributed by atoms with Crippen molar-refractivity contribution in [2.45, 2.75) is 13.8 Å². The molecule has 0 fully saturated rings. The van der Waals surface area contributed by atoms with E-state index in [1.807, 2.05) is 0 Å². The fourth-order valence-corrected chi connectivity index (χ4v) is 3.89. The van der Waals surface area contributed by atoms with Crippen molar-refractivity contribution in [3.63, 3.8) is 0 Å². The van der Waals surface area contributed by atoms with Crippen molar-refractivity contribution in [1.29, 1.82) is 0 Å². The van der Waals surface area contributed by atoms with Crippen LogP contribution in [0.4, 0.5) is 8.78 Å². The quantitative estimate of drug-likeness (QED) is 0.713. The minimum Gasteiger partial charge on any atom is -0.321 e. The summed E-state index contributed by atoms with van der Waals surface area (Å²) in [5.41, 5.74) is 0. The van der Waals surface area contributed by atoms with Crippen molar-refractivity contribution in [3.8, 4) is 0 Å². The van der Waals surface area contributed by atoms with Gasteiger partial charge in [-0.15, -0.1) is 0 Å². The average Bonchev–Trinajstić information content (AvgIpc) is 2.56. The second-order valence-electron chi connectivity index (χ2n) is 4.83. The fraction of sp³-hybridized carbons (Fsp3) is 0.250. The molecule has 0 aliphatic rings. The lowest BCUT2D eigenvalue weighted by molar-refractivity contribution is 0.230. The van der Waals surface area contributed by atoms with Crippen LogP contribution < -0.4 is 10.6 Å². The highest BCUT2D eigenvalue weighted by molar-refractivity contribution is 7.62. The number of hydrogen-bond donors (Lipinski definition) is 2. The highest BCUT2D eigenvalue weighted by Crippen LogP contribution is 2.46. The molecule has 0 saturated carbocycles. The van der Waals surface area contributed by atoms with Gasteiger partial charge < -0.3 is 18.8 Å². The molecule has 0 radical (unpaired) electrons. The van der Waals surface area contributed by atoms with Gasteiger partial charge in [0.15, 0.2) is 0 Å². The zero-order chi connectivity index (χ0) is 19.8. The van der Waals surface area contributed by atoms with Crippen LogP contribution in [0.2, 0.25) is 0 Å². The zero-order valence-electron chi connectivity index (χ0n) is 14.2. The topological polar surface area (TPSA) is 93.1 Å². The van der Waals surface area contributed by atoms with Crippen molar-refractivity contribution in [2.24, 2.45) is 0 Å². The van der Waals surface area contributed by atoms with Crippen LogP contribution in [0.1, 0.15) is 13.8 Å². The molecule has 2 aromatic rings. The van der Waals surface area contributed by atoms with Crippen molar-refractivity contribution < 1.29 is 36.7 Å². The molecular weight excluding hydrogens is 388 g/mol. The molecule has 0 unspecified atom stereocenters. The minimum atomic E-state index is -4.20. The van der Waals surface area contributed by atoms with Crippen LogP contribution in [0.3, 0.4) is 0 Å². The molecule has 2 aromatic carbocycles. The predicted molar refractivity (Wildman–Crippen MR) is 95.0 cm³/mol. The Morgan fingerprint density at radius 2 is 1.12 bits per heavy atom. The van der Waals surface area contributed by atoms with E-state index in [0.29, 0.717) is 5.30 Å². The first-order valence-electron chi connectivity index (χ1n) is 7.59. The van der Waals surface area contributed by atoms with E-state index in [1.165, 1.54) is 24.3 Å². The minimum absolute atomic E-state index is 0.168. The number of rotatable bonds is 6. The maximum absolute atomic E-state index is 12.7. The maximum atomic E-state index is 12.7. The summed E-state index contributed by atoms with van der Waals surface area (Å²) < 4.78 is 57.8. The number of hydrogen-bond acceptors (Lipinski definition) is 4. The van der Waals surface area contributed by atoms with Gasteiger partial charge in [-0.25, -0.2) is 8.78 Å². The van der Waals surface area contributed by atoms with Gasteiger partial charge in [0, 0.05) is 0 Å². The van der Waals surface area contributed by atoms with Crippen LogP contribution >= 0.6 is 15.2 Å². The second-order valence-corrected chi connectivity index (χ2v) is 8.46. The molecule has 0 saturated heterocycles. The zero-order valence-corrected chi connectivity index (χ0v) is 16.0. The molecule has 0 aliphatic heterocycles. The standard InChI is InChI=1S/C10H14FO3P.C6H6FO3P/c1-3-13-15(12,14-4-2)10-7-5-9(11)6-8-10;7-5-1-3-6(4-2-5)11(8,9)10/h5-8H,3-4H2,1-2H3;1-4H,(H2,8,9,10). The third kappa shape index (κ3) is 7.08. The van der Waals surface area contributed by atoms with Crippen molar-refractivity contribution in [1.82, 2.24) is 0 Å². The average molecular weight is 408 g/mol. The molecule has 0 heterocycles. The molecule has 10 heteroatoms. The molecule has 144 valence electrons. The lowest BCUT2D eigenvalue weighted by Gasteiger charge is -2.16. The molecular formula is C16H20F2O6P2. The van der Waals surface area contributed by atoms with Crippen LogP contribution in [0.15, 0.2) is 48.5 Å². The first kappa shape index (κ1) is 22.6. The molecule has 0 atom stereocenters. The van der Waals surface area contributed by atoms with Crippen molar-refractivity contribution >= 4 is 25.8 Å². The molecule has 0 spiro atoms. The highest BCUT2D eigenvalue weighted by atomic mass is 31.2. The highest BCUT2D eigenvalue weighted by Gasteiger charge is 2.26. The lowest BCUT2D eigenvalue weighted by Crippen LogP contribution is -2.10. The first-order valence-corrected chi connectivity index (χ1v) is 10.7. The van der Waals surface area contributed by atoms with E-state index in [4.69, 9.17) is 18.8 Å². The van der Waals surface area contributed by atoms with Crippen molar-refractivity contribution in [2.75, 3.05) is 13.2 Å². The third-order valence-electron chi connectivity index (χ3n) is 2.90. The summed E-state index contributed by atoms with van der Waals surface area (Å²) in [5, 5.41) is 0.214. The first-order chi connectivity index (χ1) is 12.1. The van der Waals surface area contributed by atoms with E-state index >= 15 is 0 Å². The van der Waals surface area contributed by atoms with E-state index in [2.05, 4.69) is 0 Å². The smallest absolute Gasteiger partial charge is 0.321 e. The second kappa shape index (κ2) is 10.1. The fourth-order valence-electron chi connectivity index (χ4n) is 1.79. The Bertz CT molecular complexity index is 764. The van der Waals surface area contributed by atoms with Crippen molar-refractivity contribution in [3.05, 3.63) is 60.2 Å². The molecule has 2 N–H and O–H groups in total. The summed E-state index contributed by atoms with van der Waals surface area (Å²) >= 11 is 0. The summed E-state index contributed by atoms with van der Waals surface area (Å²) in [6, 6.07) is 9.46. The van der Waals surface area contributed by atoms with Gasteiger partial charge in [0.1, 0.15) is 11.6 Å². The summed E-state index contributed by atoms with van der Waals surface area (Å²) in [5.74, 6) is -0.888. The van der Waals surface area contributed by atoms with E-state index in [-0.39, 0.29) is 24.3 Å². The van der Waals surface area contributed by atoms with Crippen LogP contribution in [0.5, 0.6) is 0 Å². The van der Waals surface area contributed by atoms with Gasteiger partial charge in [0.2, 0.25) is 0 Å². The lowest BCUT2D eigenvalue weighted by atomic mass is 10.4. The summed E-state index contributed by atoms with van der Waals surface area (Å²) in [6.07, 6.45) is 0. The Labute approximate surface area is 150 Å². The molecule has 0 aromatic heterocycles. The van der Waals surface area contributed by atoms with Crippen LogP contribution in [0, 0.1) is 11.6 Å². The summed E-state index contributed by atoms with van der Waals surface area (Å²) in [4.78, 5) is 17.1. The van der Waals surface area contributed by atoms with E-state index in [9.17, 15) is 17.9 Å². The van der Waals surface area contributed by atoms with Gasteiger partial charge >= 0.3 is 15.2 Å². The van der Waals surface area contributed by atoms with Crippen LogP contribution in [-0.4, -0.2) is 23.0 Å². The van der Waals surface area contributed by atoms with Crippen LogP contribution in [0.25, 0.3) is 0 Å². The molecule has 2 rings (SSSR count). The van der Waals surface area contributed by atoms with Gasteiger partial charge in [-0.3, -0.25) is 9.13 Å². The third-order valence-corrected chi connectivity index (χ3v) is 6.00.